The Morgan fingerprint density at radius 1 is 1.24 bits per heavy atom. The molecule has 2 rings (SSSR count). The smallest absolute Gasteiger partial charge is 0.335 e. The minimum atomic E-state index is -0.921. The van der Waals surface area contributed by atoms with Crippen molar-refractivity contribution >= 4 is 42.8 Å². The molecule has 1 saturated heterocycles. The van der Waals surface area contributed by atoms with Crippen molar-refractivity contribution in [2.75, 3.05) is 51.4 Å². The number of morpholine rings is 1. The van der Waals surface area contributed by atoms with Gasteiger partial charge in [-0.25, -0.2) is 4.79 Å². The van der Waals surface area contributed by atoms with E-state index in [4.69, 9.17) is 9.84 Å². The Labute approximate surface area is 160 Å². The summed E-state index contributed by atoms with van der Waals surface area (Å²) < 4.78 is 5.31. The van der Waals surface area contributed by atoms with Crippen LogP contribution in [-0.2, 0) is 4.74 Å². The van der Waals surface area contributed by atoms with Crippen molar-refractivity contribution in [1.82, 2.24) is 10.2 Å². The Morgan fingerprint density at radius 2 is 1.92 bits per heavy atom. The van der Waals surface area contributed by atoms with Crippen LogP contribution in [0.25, 0.3) is 0 Å². The van der Waals surface area contributed by atoms with Gasteiger partial charge in [0.25, 0.3) is 0 Å². The molecule has 0 aromatic heterocycles. The van der Waals surface area contributed by atoms with Gasteiger partial charge in [0.15, 0.2) is 0 Å². The Hall–Kier alpha value is -1.54. The predicted molar refractivity (Wildman–Crippen MR) is 105 cm³/mol. The fourth-order valence-electron chi connectivity index (χ4n) is 2.27. The number of anilines is 1. The first-order chi connectivity index (χ1) is 11.3. The van der Waals surface area contributed by atoms with Gasteiger partial charge in [0.2, 0.25) is 0 Å². The molecule has 0 bridgehead atoms. The molecule has 142 valence electrons. The van der Waals surface area contributed by atoms with Gasteiger partial charge in [0, 0.05) is 25.3 Å². The first-order valence-corrected chi connectivity index (χ1v) is 7.85. The SMILES string of the molecule is Cl.Cl.O=C(O)c1ccc(NCN=CNCCCN2CCOCC2)cc1. The molecule has 1 aromatic carbocycles. The Kier molecular flexibility index (Phi) is 12.9. The molecule has 0 spiro atoms. The van der Waals surface area contributed by atoms with Crippen LogP contribution in [0.1, 0.15) is 16.8 Å². The second kappa shape index (κ2) is 13.7. The van der Waals surface area contributed by atoms with Gasteiger partial charge in [-0.1, -0.05) is 0 Å². The Balaban J connectivity index is 0.00000288. The van der Waals surface area contributed by atoms with E-state index in [1.165, 1.54) is 0 Å². The fourth-order valence-corrected chi connectivity index (χ4v) is 2.27. The lowest BCUT2D eigenvalue weighted by atomic mass is 10.2. The lowest BCUT2D eigenvalue weighted by Gasteiger charge is -2.26. The third-order valence-electron chi connectivity index (χ3n) is 3.59. The van der Waals surface area contributed by atoms with Gasteiger partial charge in [-0.3, -0.25) is 9.89 Å². The maximum absolute atomic E-state index is 10.7. The largest absolute Gasteiger partial charge is 0.478 e. The summed E-state index contributed by atoms with van der Waals surface area (Å²) in [6.07, 6.45) is 2.79. The summed E-state index contributed by atoms with van der Waals surface area (Å²) in [6.45, 7) is 6.16. The van der Waals surface area contributed by atoms with Gasteiger partial charge in [0.1, 0.15) is 6.67 Å². The second-order valence-electron chi connectivity index (χ2n) is 5.29. The average molecular weight is 393 g/mol. The molecule has 0 aliphatic carbocycles. The summed E-state index contributed by atoms with van der Waals surface area (Å²) in [5.74, 6) is -0.921. The summed E-state index contributed by atoms with van der Waals surface area (Å²) in [6, 6.07) is 6.60. The Morgan fingerprint density at radius 3 is 2.56 bits per heavy atom. The van der Waals surface area contributed by atoms with Gasteiger partial charge in [-0.2, -0.15) is 0 Å². The maximum Gasteiger partial charge on any atom is 0.335 e. The number of nitrogens with one attached hydrogen (secondary N) is 2. The van der Waals surface area contributed by atoms with E-state index in [-0.39, 0.29) is 30.4 Å². The van der Waals surface area contributed by atoms with Crippen molar-refractivity contribution in [3.8, 4) is 0 Å². The van der Waals surface area contributed by atoms with Crippen molar-refractivity contribution < 1.29 is 14.6 Å². The third kappa shape index (κ3) is 9.50. The van der Waals surface area contributed by atoms with E-state index in [0.717, 1.165) is 51.5 Å². The second-order valence-corrected chi connectivity index (χ2v) is 5.29. The number of aliphatic imine (C=N–C) groups is 1. The van der Waals surface area contributed by atoms with Crippen LogP contribution in [-0.4, -0.2) is 68.4 Å². The summed E-state index contributed by atoms with van der Waals surface area (Å²) in [7, 11) is 0. The van der Waals surface area contributed by atoms with Crippen molar-refractivity contribution in [1.29, 1.82) is 0 Å². The summed E-state index contributed by atoms with van der Waals surface area (Å²) in [5, 5.41) is 15.1. The number of hydrogen-bond acceptors (Lipinski definition) is 5. The van der Waals surface area contributed by atoms with Crippen molar-refractivity contribution in [3.05, 3.63) is 29.8 Å². The first-order valence-electron chi connectivity index (χ1n) is 7.85. The molecule has 1 aliphatic rings. The minimum Gasteiger partial charge on any atom is -0.478 e. The van der Waals surface area contributed by atoms with Gasteiger partial charge >= 0.3 is 5.97 Å². The number of hydrogen-bond donors (Lipinski definition) is 3. The van der Waals surface area contributed by atoms with E-state index >= 15 is 0 Å². The fraction of sp³-hybridized carbons (Fsp3) is 0.500. The topological polar surface area (TPSA) is 86.2 Å². The minimum absolute atomic E-state index is 0. The van der Waals surface area contributed by atoms with Gasteiger partial charge in [-0.15, -0.1) is 24.8 Å². The number of carbonyl (C=O) groups is 1. The lowest BCUT2D eigenvalue weighted by molar-refractivity contribution is 0.0376. The molecule has 3 N–H and O–H groups in total. The number of rotatable bonds is 9. The van der Waals surface area contributed by atoms with Gasteiger partial charge in [-0.05, 0) is 37.2 Å². The monoisotopic (exact) mass is 392 g/mol. The first kappa shape index (κ1) is 23.5. The molecule has 1 aliphatic heterocycles. The van der Waals surface area contributed by atoms with Crippen LogP contribution >= 0.6 is 24.8 Å². The van der Waals surface area contributed by atoms with E-state index in [1.54, 1.807) is 30.6 Å². The van der Waals surface area contributed by atoms with Crippen LogP contribution in [0.4, 0.5) is 5.69 Å². The maximum atomic E-state index is 10.7. The summed E-state index contributed by atoms with van der Waals surface area (Å²) in [5.41, 5.74) is 1.13. The van der Waals surface area contributed by atoms with E-state index in [1.807, 2.05) is 0 Å². The standard InChI is InChI=1S/C16H24N4O3.2ClH/c21-16(22)14-2-4-15(5-3-14)19-13-18-12-17-6-1-7-20-8-10-23-11-9-20;;/h2-5,12,19H,1,6-11,13H2,(H,17,18)(H,21,22);2*1H. The van der Waals surface area contributed by atoms with Crippen LogP contribution < -0.4 is 10.6 Å². The molecule has 0 unspecified atom stereocenters. The van der Waals surface area contributed by atoms with E-state index in [9.17, 15) is 4.79 Å². The van der Waals surface area contributed by atoms with Crippen LogP contribution in [0.2, 0.25) is 0 Å². The third-order valence-corrected chi connectivity index (χ3v) is 3.59. The lowest BCUT2D eigenvalue weighted by Crippen LogP contribution is -2.37. The Bertz CT molecular complexity index is 509. The average Bonchev–Trinajstić information content (AvgIpc) is 2.58. The van der Waals surface area contributed by atoms with E-state index in [2.05, 4.69) is 20.5 Å². The highest BCUT2D eigenvalue weighted by atomic mass is 35.5. The van der Waals surface area contributed by atoms with E-state index in [0.29, 0.717) is 6.67 Å². The molecular formula is C16H26Cl2N4O3. The molecule has 0 atom stereocenters. The van der Waals surface area contributed by atoms with Crippen LogP contribution in [0.5, 0.6) is 0 Å². The molecule has 1 fully saturated rings. The number of carboxylic acid groups (broad SMARTS) is 1. The zero-order valence-corrected chi connectivity index (χ0v) is 15.7. The van der Waals surface area contributed by atoms with Crippen molar-refractivity contribution in [2.45, 2.75) is 6.42 Å². The molecule has 1 heterocycles. The highest BCUT2D eigenvalue weighted by molar-refractivity contribution is 5.88. The number of ether oxygens (including phenoxy) is 1. The van der Waals surface area contributed by atoms with Crippen LogP contribution in [0.3, 0.4) is 0 Å². The summed E-state index contributed by atoms with van der Waals surface area (Å²) >= 11 is 0. The molecule has 0 radical (unpaired) electrons. The van der Waals surface area contributed by atoms with Crippen LogP contribution in [0.15, 0.2) is 29.3 Å². The van der Waals surface area contributed by atoms with E-state index < -0.39 is 5.97 Å². The number of nitrogens with zero attached hydrogens (tertiary/aromatic N) is 2. The molecule has 0 saturated carbocycles. The molecule has 7 nitrogen and oxygen atoms in total. The number of carboxylic acids is 1. The normalized spacial score (nSPS) is 14.4. The molecular weight excluding hydrogens is 367 g/mol. The summed E-state index contributed by atoms with van der Waals surface area (Å²) in [4.78, 5) is 17.4. The van der Waals surface area contributed by atoms with Gasteiger partial charge in [0.05, 0.1) is 25.1 Å². The number of benzene rings is 1. The molecule has 25 heavy (non-hydrogen) atoms. The van der Waals surface area contributed by atoms with Crippen molar-refractivity contribution in [2.24, 2.45) is 4.99 Å². The zero-order valence-electron chi connectivity index (χ0n) is 14.0. The highest BCUT2D eigenvalue weighted by Gasteiger charge is 2.08. The van der Waals surface area contributed by atoms with Gasteiger partial charge < -0.3 is 20.5 Å². The number of halogens is 2. The quantitative estimate of drug-likeness (QED) is 0.338. The molecule has 0 amide bonds. The predicted octanol–water partition coefficient (Wildman–Crippen LogP) is 1.94. The molecule has 1 aromatic rings. The molecule has 9 heteroatoms. The number of aromatic carboxylic acids is 1. The van der Waals surface area contributed by atoms with Crippen molar-refractivity contribution in [3.63, 3.8) is 0 Å². The van der Waals surface area contributed by atoms with Crippen LogP contribution in [0, 0.1) is 0 Å². The highest BCUT2D eigenvalue weighted by Crippen LogP contribution is 2.08. The zero-order chi connectivity index (χ0) is 16.3.